The van der Waals surface area contributed by atoms with Gasteiger partial charge < -0.3 is 0 Å². The Morgan fingerprint density at radius 3 is 1.63 bits per heavy atom. The van der Waals surface area contributed by atoms with Crippen LogP contribution in [0.2, 0.25) is 10.0 Å². The zero-order valence-corrected chi connectivity index (χ0v) is 20.8. The highest BCUT2D eigenvalue weighted by atomic mass is 35.5. The van der Waals surface area contributed by atoms with Crippen molar-refractivity contribution in [1.29, 1.82) is 0 Å². The Kier molecular flexibility index (Phi) is 5.24. The Bertz CT molecular complexity index is 1350. The molecule has 5 heteroatoms. The van der Waals surface area contributed by atoms with Crippen molar-refractivity contribution >= 4 is 46.3 Å². The molecule has 3 aromatic rings. The van der Waals surface area contributed by atoms with Crippen molar-refractivity contribution in [2.75, 3.05) is 4.90 Å². The SMILES string of the molecule is Cc1ccc(C(=C2[C@H]3C=C[C@H]2[C@H]2C(=O)N(c4ccc(Cl)c(Cl)c4)C(=O)[C@@H]23)c2ccc(C)cc2)cc1. The van der Waals surface area contributed by atoms with Crippen molar-refractivity contribution in [3.63, 3.8) is 0 Å². The Morgan fingerprint density at radius 1 is 0.686 bits per heavy atom. The number of rotatable bonds is 3. The lowest BCUT2D eigenvalue weighted by Crippen LogP contribution is -2.33. The van der Waals surface area contributed by atoms with Crippen LogP contribution in [-0.2, 0) is 9.59 Å². The molecule has 2 fully saturated rings. The van der Waals surface area contributed by atoms with Gasteiger partial charge in [0.15, 0.2) is 0 Å². The first-order valence-electron chi connectivity index (χ1n) is 11.7. The van der Waals surface area contributed by atoms with Crippen LogP contribution >= 0.6 is 23.2 Å². The Balaban J connectivity index is 1.48. The van der Waals surface area contributed by atoms with Crippen molar-refractivity contribution in [2.45, 2.75) is 13.8 Å². The molecule has 1 saturated carbocycles. The zero-order chi connectivity index (χ0) is 24.4. The first kappa shape index (κ1) is 22.3. The van der Waals surface area contributed by atoms with Crippen molar-refractivity contribution in [3.05, 3.63) is 117 Å². The number of benzene rings is 3. The van der Waals surface area contributed by atoms with Crippen LogP contribution < -0.4 is 4.90 Å². The van der Waals surface area contributed by atoms with E-state index in [0.29, 0.717) is 15.7 Å². The Labute approximate surface area is 214 Å². The summed E-state index contributed by atoms with van der Waals surface area (Å²) in [5.41, 5.74) is 7.36. The maximum atomic E-state index is 13.7. The van der Waals surface area contributed by atoms with Crippen LogP contribution in [0.5, 0.6) is 0 Å². The molecular weight excluding hydrogens is 477 g/mol. The topological polar surface area (TPSA) is 37.4 Å². The first-order valence-corrected chi connectivity index (χ1v) is 12.5. The normalized spacial score (nSPS) is 24.5. The van der Waals surface area contributed by atoms with E-state index in [1.54, 1.807) is 18.2 Å². The van der Waals surface area contributed by atoms with E-state index in [4.69, 9.17) is 23.2 Å². The second-order valence-electron chi connectivity index (χ2n) is 9.66. The van der Waals surface area contributed by atoms with Gasteiger partial charge in [0.1, 0.15) is 0 Å². The number of allylic oxidation sites excluding steroid dienone is 3. The summed E-state index contributed by atoms with van der Waals surface area (Å²) in [4.78, 5) is 28.7. The van der Waals surface area contributed by atoms with Gasteiger partial charge in [0, 0.05) is 11.8 Å². The van der Waals surface area contributed by atoms with E-state index < -0.39 is 11.8 Å². The lowest BCUT2D eigenvalue weighted by molar-refractivity contribution is -0.122. The van der Waals surface area contributed by atoms with Crippen LogP contribution in [0.1, 0.15) is 22.3 Å². The number of imide groups is 1. The average molecular weight is 500 g/mol. The molecule has 0 radical (unpaired) electrons. The molecule has 174 valence electrons. The number of carbonyl (C=O) groups excluding carboxylic acids is 2. The minimum Gasteiger partial charge on any atom is -0.274 e. The maximum absolute atomic E-state index is 13.7. The highest BCUT2D eigenvalue weighted by molar-refractivity contribution is 6.42. The summed E-state index contributed by atoms with van der Waals surface area (Å²) in [5, 5.41) is 0.715. The zero-order valence-electron chi connectivity index (χ0n) is 19.3. The van der Waals surface area contributed by atoms with E-state index in [1.807, 2.05) is 0 Å². The molecule has 2 bridgehead atoms. The maximum Gasteiger partial charge on any atom is 0.238 e. The molecule has 1 aliphatic heterocycles. The largest absolute Gasteiger partial charge is 0.274 e. The number of hydrogen-bond donors (Lipinski definition) is 0. The third-order valence-corrected chi connectivity index (χ3v) is 8.29. The smallest absolute Gasteiger partial charge is 0.238 e. The van der Waals surface area contributed by atoms with E-state index in [1.165, 1.54) is 21.6 Å². The fourth-order valence-corrected chi connectivity index (χ4v) is 6.21. The molecule has 6 rings (SSSR count). The second-order valence-corrected chi connectivity index (χ2v) is 10.5. The summed E-state index contributed by atoms with van der Waals surface area (Å²) >= 11 is 12.3. The number of hydrogen-bond acceptors (Lipinski definition) is 2. The van der Waals surface area contributed by atoms with E-state index in [0.717, 1.165) is 16.7 Å². The third kappa shape index (κ3) is 3.41. The molecule has 4 atom stereocenters. The van der Waals surface area contributed by atoms with Gasteiger partial charge in [-0.15, -0.1) is 0 Å². The average Bonchev–Trinajstić information content (AvgIpc) is 3.48. The number of halogens is 2. The fourth-order valence-electron chi connectivity index (χ4n) is 5.92. The predicted octanol–water partition coefficient (Wildman–Crippen LogP) is 7.03. The second kappa shape index (κ2) is 8.22. The summed E-state index contributed by atoms with van der Waals surface area (Å²) in [7, 11) is 0. The van der Waals surface area contributed by atoms with Gasteiger partial charge in [-0.2, -0.15) is 0 Å². The molecule has 3 nitrogen and oxygen atoms in total. The number of fused-ring (bicyclic) bond motifs is 5. The van der Waals surface area contributed by atoms with Gasteiger partial charge in [0.2, 0.25) is 11.8 Å². The van der Waals surface area contributed by atoms with Gasteiger partial charge in [0.05, 0.1) is 27.6 Å². The quantitative estimate of drug-likeness (QED) is 0.286. The lowest BCUT2D eigenvalue weighted by atomic mass is 9.85. The predicted molar refractivity (Wildman–Crippen MR) is 140 cm³/mol. The fraction of sp³-hybridized carbons (Fsp3) is 0.200. The van der Waals surface area contributed by atoms with Gasteiger partial charge in [0.25, 0.3) is 0 Å². The summed E-state index contributed by atoms with van der Waals surface area (Å²) in [6.07, 6.45) is 4.24. The number of amides is 2. The number of carbonyl (C=O) groups is 2. The minimum absolute atomic E-state index is 0.119. The summed E-state index contributed by atoms with van der Waals surface area (Å²) in [5.74, 6) is -1.39. The van der Waals surface area contributed by atoms with Gasteiger partial charge >= 0.3 is 0 Å². The molecule has 3 aliphatic rings. The van der Waals surface area contributed by atoms with Crippen LogP contribution in [0.3, 0.4) is 0 Å². The van der Waals surface area contributed by atoms with Crippen molar-refractivity contribution < 1.29 is 9.59 Å². The van der Waals surface area contributed by atoms with Gasteiger partial charge in [-0.25, -0.2) is 4.90 Å². The van der Waals surface area contributed by atoms with Crippen molar-refractivity contribution in [3.8, 4) is 0 Å². The monoisotopic (exact) mass is 499 g/mol. The van der Waals surface area contributed by atoms with Crippen molar-refractivity contribution in [1.82, 2.24) is 0 Å². The summed E-state index contributed by atoms with van der Waals surface area (Å²) < 4.78 is 0. The molecule has 0 spiro atoms. The molecule has 1 saturated heterocycles. The van der Waals surface area contributed by atoms with Crippen LogP contribution in [0.4, 0.5) is 5.69 Å². The molecule has 3 aromatic carbocycles. The van der Waals surface area contributed by atoms with Gasteiger partial charge in [-0.1, -0.05) is 95.0 Å². The highest BCUT2D eigenvalue weighted by Gasteiger charge is 2.62. The van der Waals surface area contributed by atoms with Gasteiger partial charge in [-0.05, 0) is 54.3 Å². The summed E-state index contributed by atoms with van der Waals surface area (Å²) in [6.45, 7) is 4.14. The molecule has 0 N–H and O–H groups in total. The highest BCUT2D eigenvalue weighted by Crippen LogP contribution is 2.59. The number of anilines is 1. The van der Waals surface area contributed by atoms with Gasteiger partial charge in [-0.3, -0.25) is 9.59 Å². The molecule has 35 heavy (non-hydrogen) atoms. The first-order chi connectivity index (χ1) is 16.8. The molecule has 2 amide bonds. The summed E-state index contributed by atoms with van der Waals surface area (Å²) in [6, 6.07) is 21.9. The molecule has 0 unspecified atom stereocenters. The molecular formula is C30H23Cl2NO2. The van der Waals surface area contributed by atoms with E-state index >= 15 is 0 Å². The van der Waals surface area contributed by atoms with Crippen LogP contribution in [-0.4, -0.2) is 11.8 Å². The van der Waals surface area contributed by atoms with E-state index in [-0.39, 0.29) is 23.7 Å². The van der Waals surface area contributed by atoms with Crippen LogP contribution in [0, 0.1) is 37.5 Å². The van der Waals surface area contributed by atoms with E-state index in [9.17, 15) is 9.59 Å². The van der Waals surface area contributed by atoms with Crippen molar-refractivity contribution in [2.24, 2.45) is 23.7 Å². The van der Waals surface area contributed by atoms with E-state index in [2.05, 4.69) is 74.5 Å². The Morgan fingerprint density at radius 2 is 1.17 bits per heavy atom. The number of nitrogens with zero attached hydrogens (tertiary/aromatic N) is 1. The minimum atomic E-state index is -0.409. The number of aryl methyl sites for hydroxylation is 2. The standard InChI is InChI=1S/C30H23Cl2NO2/c1-16-3-7-18(8-4-16)25(19-9-5-17(2)6-10-19)26-21-12-13-22(26)28-27(21)29(34)33(30(28)35)20-11-14-23(31)24(32)15-20/h3-15,21-22,27-28H,1-2H3/t21-,22-,27-,28-/m1/s1. The Hall–Kier alpha value is -3.14. The molecule has 1 heterocycles. The lowest BCUT2D eigenvalue weighted by Gasteiger charge is -2.22. The molecule has 2 aliphatic carbocycles. The van der Waals surface area contributed by atoms with Crippen LogP contribution in [0.15, 0.2) is 84.5 Å². The van der Waals surface area contributed by atoms with Crippen LogP contribution in [0.25, 0.3) is 5.57 Å². The molecule has 0 aromatic heterocycles. The third-order valence-electron chi connectivity index (χ3n) is 7.55.